The molecule has 0 bridgehead atoms. The van der Waals surface area contributed by atoms with E-state index in [2.05, 4.69) is 6.92 Å². The lowest BCUT2D eigenvalue weighted by Crippen LogP contribution is -2.29. The minimum absolute atomic E-state index is 0.352. The highest BCUT2D eigenvalue weighted by Gasteiger charge is 2.27. The first-order chi connectivity index (χ1) is 6.34. The summed E-state index contributed by atoms with van der Waals surface area (Å²) in [5, 5.41) is 0. The molecule has 1 aliphatic rings. The molecule has 1 atom stereocenters. The molecule has 1 heterocycles. The second-order valence-electron chi connectivity index (χ2n) is 4.14. The smallest absolute Gasteiger partial charge is 0.0654 e. The number of nitrogens with zero attached hydrogens (tertiary/aromatic N) is 1. The summed E-state index contributed by atoms with van der Waals surface area (Å²) in [6, 6.07) is 0.352. The van der Waals surface area contributed by atoms with E-state index in [4.69, 9.17) is 0 Å². The molecule has 0 radical (unpaired) electrons. The molecule has 2 nitrogen and oxygen atoms in total. The summed E-state index contributed by atoms with van der Waals surface area (Å²) in [7, 11) is 0. The zero-order valence-corrected chi connectivity index (χ0v) is 8.80. The Balaban J connectivity index is 2.08. The maximum Gasteiger partial charge on any atom is 0.201 e. The van der Waals surface area contributed by atoms with Crippen LogP contribution in [0.5, 0.6) is 0 Å². The third-order valence-corrected chi connectivity index (χ3v) is 2.96. The predicted molar refractivity (Wildman–Crippen MR) is 54.9 cm³/mol. The number of hydrogen-bond donors (Lipinski definition) is 0. The Hall–Kier alpha value is -0.400. The van der Waals surface area contributed by atoms with Gasteiger partial charge in [-0.15, -0.1) is 0 Å². The molecule has 0 aromatic heterocycles. The molecule has 76 valence electrons. The third-order valence-electron chi connectivity index (χ3n) is 2.96. The Kier molecular flexibility index (Phi) is 5.02. The van der Waals surface area contributed by atoms with Gasteiger partial charge < -0.3 is 0 Å². The van der Waals surface area contributed by atoms with Crippen LogP contribution < -0.4 is 0 Å². The van der Waals surface area contributed by atoms with Crippen molar-refractivity contribution in [2.75, 3.05) is 6.54 Å². The van der Waals surface area contributed by atoms with Crippen LogP contribution in [-0.4, -0.2) is 17.3 Å². The minimum atomic E-state index is 0.352. The van der Waals surface area contributed by atoms with E-state index in [1.54, 1.807) is 0 Å². The molecular weight excluding hydrogens is 162 g/mol. The number of rotatable bonds is 5. The second kappa shape index (κ2) is 6.11. The average Bonchev–Trinajstić information content (AvgIpc) is 2.15. The second-order valence-corrected chi connectivity index (χ2v) is 4.14. The highest BCUT2D eigenvalue weighted by atomic mass is 16.3. The lowest BCUT2D eigenvalue weighted by atomic mass is 9.99. The lowest BCUT2D eigenvalue weighted by molar-refractivity contribution is -0.596. The van der Waals surface area contributed by atoms with Crippen molar-refractivity contribution >= 4 is 0 Å². The SMILES string of the molecule is CCCCCCC1CCCC[N+]1=O. The van der Waals surface area contributed by atoms with Gasteiger partial charge in [0.15, 0.2) is 6.54 Å². The van der Waals surface area contributed by atoms with E-state index in [9.17, 15) is 4.91 Å². The van der Waals surface area contributed by atoms with E-state index in [0.29, 0.717) is 6.04 Å². The molecule has 0 N–H and O–H groups in total. The third kappa shape index (κ3) is 3.88. The van der Waals surface area contributed by atoms with Gasteiger partial charge in [-0.25, -0.2) is 0 Å². The number of nitroso groups, excluding NO2 is 1. The van der Waals surface area contributed by atoms with Crippen LogP contribution in [0, 0.1) is 4.91 Å². The molecule has 0 saturated carbocycles. The summed E-state index contributed by atoms with van der Waals surface area (Å²) in [4.78, 5) is 11.4. The summed E-state index contributed by atoms with van der Waals surface area (Å²) in [5.41, 5.74) is 0. The molecule has 0 aromatic carbocycles. The van der Waals surface area contributed by atoms with Gasteiger partial charge in [0.2, 0.25) is 6.04 Å². The van der Waals surface area contributed by atoms with Crippen molar-refractivity contribution in [2.24, 2.45) is 0 Å². The number of hydrogen-bond acceptors (Lipinski definition) is 1. The van der Waals surface area contributed by atoms with E-state index in [-0.39, 0.29) is 0 Å². The van der Waals surface area contributed by atoms with E-state index in [0.717, 1.165) is 25.8 Å². The summed E-state index contributed by atoms with van der Waals surface area (Å²) >= 11 is 0. The Morgan fingerprint density at radius 2 is 2.08 bits per heavy atom. The van der Waals surface area contributed by atoms with Crippen molar-refractivity contribution in [3.05, 3.63) is 4.91 Å². The summed E-state index contributed by atoms with van der Waals surface area (Å²) in [6.45, 7) is 3.00. The van der Waals surface area contributed by atoms with Crippen LogP contribution in [0.3, 0.4) is 0 Å². The molecule has 1 rings (SSSR count). The number of unbranched alkanes of at least 4 members (excludes halogenated alkanes) is 3. The largest absolute Gasteiger partial charge is 0.201 e. The Labute approximate surface area is 81.3 Å². The fraction of sp³-hybridized carbons (Fsp3) is 1.00. The van der Waals surface area contributed by atoms with Crippen LogP contribution in [0.25, 0.3) is 0 Å². The molecule has 1 fully saturated rings. The molecule has 0 spiro atoms. The molecule has 13 heavy (non-hydrogen) atoms. The van der Waals surface area contributed by atoms with Crippen LogP contribution in [0.4, 0.5) is 0 Å². The molecule has 1 unspecified atom stereocenters. The van der Waals surface area contributed by atoms with Crippen molar-refractivity contribution in [2.45, 2.75) is 64.3 Å². The number of piperidine rings is 1. The van der Waals surface area contributed by atoms with E-state index in [1.165, 1.54) is 36.9 Å². The van der Waals surface area contributed by atoms with Gasteiger partial charge in [-0.2, -0.15) is 0 Å². The van der Waals surface area contributed by atoms with Gasteiger partial charge in [0.25, 0.3) is 0 Å². The van der Waals surface area contributed by atoms with Crippen molar-refractivity contribution in [1.82, 2.24) is 0 Å². The molecule has 0 aliphatic carbocycles. The van der Waals surface area contributed by atoms with Gasteiger partial charge in [0.1, 0.15) is 0 Å². The first kappa shape index (κ1) is 10.7. The highest BCUT2D eigenvalue weighted by molar-refractivity contribution is 4.61. The van der Waals surface area contributed by atoms with Crippen molar-refractivity contribution in [1.29, 1.82) is 0 Å². The van der Waals surface area contributed by atoms with Crippen molar-refractivity contribution < 1.29 is 4.76 Å². The van der Waals surface area contributed by atoms with Crippen molar-refractivity contribution in [3.8, 4) is 0 Å². The van der Waals surface area contributed by atoms with Gasteiger partial charge in [0.05, 0.1) is 0 Å². The Morgan fingerprint density at radius 3 is 2.77 bits per heavy atom. The quantitative estimate of drug-likeness (QED) is 0.474. The minimum Gasteiger partial charge on any atom is -0.0654 e. The monoisotopic (exact) mass is 184 g/mol. The normalized spacial score (nSPS) is 23.5. The maximum absolute atomic E-state index is 11.4. The molecule has 0 aromatic rings. The van der Waals surface area contributed by atoms with Gasteiger partial charge in [-0.3, -0.25) is 0 Å². The topological polar surface area (TPSA) is 20.1 Å². The average molecular weight is 184 g/mol. The zero-order valence-electron chi connectivity index (χ0n) is 8.80. The summed E-state index contributed by atoms with van der Waals surface area (Å²) in [6.07, 6.45) is 9.79. The Bertz CT molecular complexity index is 156. The van der Waals surface area contributed by atoms with E-state index < -0.39 is 0 Å². The van der Waals surface area contributed by atoms with Gasteiger partial charge in [0, 0.05) is 28.9 Å². The van der Waals surface area contributed by atoms with Crippen LogP contribution >= 0.6 is 0 Å². The molecule has 2 heteroatoms. The van der Waals surface area contributed by atoms with Crippen molar-refractivity contribution in [3.63, 3.8) is 0 Å². The van der Waals surface area contributed by atoms with Crippen LogP contribution in [0.15, 0.2) is 0 Å². The fourth-order valence-electron chi connectivity index (χ4n) is 2.07. The van der Waals surface area contributed by atoms with E-state index in [1.807, 2.05) is 0 Å². The van der Waals surface area contributed by atoms with Crippen LogP contribution in [0.2, 0.25) is 0 Å². The molecule has 0 amide bonds. The van der Waals surface area contributed by atoms with E-state index >= 15 is 0 Å². The van der Waals surface area contributed by atoms with Gasteiger partial charge >= 0.3 is 0 Å². The standard InChI is InChI=1S/C11H22NO/c1-2-3-4-5-8-11-9-6-7-10-12(11)13/h11H,2-10H2,1H3/q+1. The molecular formula is C11H22NO+. The molecule has 1 aliphatic heterocycles. The fourth-order valence-corrected chi connectivity index (χ4v) is 2.07. The van der Waals surface area contributed by atoms with Gasteiger partial charge in [-0.1, -0.05) is 26.2 Å². The summed E-state index contributed by atoms with van der Waals surface area (Å²) < 4.78 is 1.31. The van der Waals surface area contributed by atoms with Gasteiger partial charge in [-0.05, 0) is 12.8 Å². The lowest BCUT2D eigenvalue weighted by Gasteiger charge is -2.13. The highest BCUT2D eigenvalue weighted by Crippen LogP contribution is 2.17. The van der Waals surface area contributed by atoms with Crippen LogP contribution in [-0.2, 0) is 0 Å². The maximum atomic E-state index is 11.4. The zero-order chi connectivity index (χ0) is 9.52. The Morgan fingerprint density at radius 1 is 1.23 bits per heavy atom. The first-order valence-electron chi connectivity index (χ1n) is 5.78. The molecule has 1 saturated heterocycles. The predicted octanol–water partition coefficient (Wildman–Crippen LogP) is 3.29. The van der Waals surface area contributed by atoms with Crippen LogP contribution in [0.1, 0.15) is 58.3 Å². The summed E-state index contributed by atoms with van der Waals surface area (Å²) in [5.74, 6) is 0. The first-order valence-corrected chi connectivity index (χ1v) is 5.78.